The Morgan fingerprint density at radius 2 is 1.69 bits per heavy atom. The topological polar surface area (TPSA) is 52.7 Å². The molecule has 3 aromatic rings. The molecule has 1 aliphatic rings. The van der Waals surface area contributed by atoms with Crippen molar-refractivity contribution in [2.75, 3.05) is 23.3 Å². The molecule has 0 spiro atoms. The summed E-state index contributed by atoms with van der Waals surface area (Å²) in [6, 6.07) is 17.5. The first-order valence-electron chi connectivity index (χ1n) is 10.1. The van der Waals surface area contributed by atoms with Crippen molar-refractivity contribution in [3.63, 3.8) is 0 Å². The maximum Gasteiger partial charge on any atom is 0.324 e. The maximum atomic E-state index is 14.0. The van der Waals surface area contributed by atoms with Crippen molar-refractivity contribution in [3.05, 3.63) is 94.5 Å². The number of amides is 3. The Kier molecular flexibility index (Phi) is 6.37. The summed E-state index contributed by atoms with van der Waals surface area (Å²) in [5.74, 6) is -2.91. The van der Waals surface area contributed by atoms with Gasteiger partial charge in [0.1, 0.15) is 17.2 Å². The van der Waals surface area contributed by atoms with Crippen molar-refractivity contribution < 1.29 is 18.4 Å². The predicted octanol–water partition coefficient (Wildman–Crippen LogP) is 5.70. The van der Waals surface area contributed by atoms with Crippen molar-refractivity contribution in [1.82, 2.24) is 4.90 Å². The van der Waals surface area contributed by atoms with Crippen LogP contribution >= 0.6 is 11.6 Å². The van der Waals surface area contributed by atoms with Gasteiger partial charge >= 0.3 is 6.03 Å². The van der Waals surface area contributed by atoms with Crippen molar-refractivity contribution in [2.24, 2.45) is 0 Å². The van der Waals surface area contributed by atoms with Gasteiger partial charge < -0.3 is 10.2 Å². The van der Waals surface area contributed by atoms with Crippen molar-refractivity contribution >= 4 is 34.9 Å². The van der Waals surface area contributed by atoms with Gasteiger partial charge in [-0.25, -0.2) is 13.6 Å². The molecule has 0 radical (unpaired) electrons. The van der Waals surface area contributed by atoms with Crippen LogP contribution in [0.15, 0.2) is 66.7 Å². The molecule has 0 aromatic heterocycles. The molecular weight excluding hydrogens is 436 g/mol. The number of nitrogens with one attached hydrogen (secondary N) is 1. The fraction of sp³-hybridized carbons (Fsp3) is 0.167. The van der Waals surface area contributed by atoms with Crippen LogP contribution in [0.1, 0.15) is 22.3 Å². The van der Waals surface area contributed by atoms with Crippen LogP contribution in [-0.4, -0.2) is 29.9 Å². The molecule has 32 heavy (non-hydrogen) atoms. The lowest BCUT2D eigenvalue weighted by molar-refractivity contribution is 0.101. The summed E-state index contributed by atoms with van der Waals surface area (Å²) in [6.07, 6.45) is 0.767. The van der Waals surface area contributed by atoms with Gasteiger partial charge in [0.25, 0.3) is 5.91 Å². The molecule has 1 saturated heterocycles. The van der Waals surface area contributed by atoms with E-state index in [-0.39, 0.29) is 16.7 Å². The minimum atomic E-state index is -0.975. The first kappa shape index (κ1) is 21.8. The second-order valence-electron chi connectivity index (χ2n) is 7.41. The van der Waals surface area contributed by atoms with Gasteiger partial charge in [0.2, 0.25) is 0 Å². The molecule has 1 N–H and O–H groups in total. The fourth-order valence-electron chi connectivity index (χ4n) is 3.65. The Bertz CT molecular complexity index is 1140. The molecule has 1 heterocycles. The van der Waals surface area contributed by atoms with Crippen LogP contribution in [0.25, 0.3) is 0 Å². The minimum absolute atomic E-state index is 0.157. The highest BCUT2D eigenvalue weighted by molar-refractivity contribution is 6.34. The average Bonchev–Trinajstić information content (AvgIpc) is 2.77. The Morgan fingerprint density at radius 3 is 2.41 bits per heavy atom. The molecule has 0 saturated carbocycles. The first-order chi connectivity index (χ1) is 15.4. The van der Waals surface area contributed by atoms with E-state index in [1.807, 2.05) is 30.3 Å². The number of carbonyl (C=O) groups is 2. The molecule has 5 nitrogen and oxygen atoms in total. The number of halogens is 3. The second kappa shape index (κ2) is 9.36. The maximum absolute atomic E-state index is 14.0. The van der Waals surface area contributed by atoms with Gasteiger partial charge in [-0.2, -0.15) is 0 Å². The number of urea groups is 1. The summed E-state index contributed by atoms with van der Waals surface area (Å²) in [5, 5.41) is 2.64. The van der Waals surface area contributed by atoms with Crippen molar-refractivity contribution in [2.45, 2.75) is 13.0 Å². The summed E-state index contributed by atoms with van der Waals surface area (Å²) >= 11 is 6.20. The molecule has 0 aliphatic carbocycles. The molecule has 0 bridgehead atoms. The van der Waals surface area contributed by atoms with Crippen molar-refractivity contribution in [1.29, 1.82) is 0 Å². The van der Waals surface area contributed by atoms with Crippen molar-refractivity contribution in [3.8, 4) is 0 Å². The van der Waals surface area contributed by atoms with Gasteiger partial charge in [-0.1, -0.05) is 48.0 Å². The van der Waals surface area contributed by atoms with Gasteiger partial charge in [-0.15, -0.1) is 0 Å². The number of hydrogen-bond acceptors (Lipinski definition) is 2. The number of carbonyl (C=O) groups excluding carboxylic acids is 2. The van der Waals surface area contributed by atoms with Crippen LogP contribution in [0, 0.1) is 11.6 Å². The van der Waals surface area contributed by atoms with E-state index in [9.17, 15) is 18.4 Å². The number of benzene rings is 3. The molecule has 0 atom stereocenters. The second-order valence-corrected chi connectivity index (χ2v) is 7.82. The highest BCUT2D eigenvalue weighted by atomic mass is 35.5. The molecule has 164 valence electrons. The van der Waals surface area contributed by atoms with Gasteiger partial charge in [0.15, 0.2) is 0 Å². The Hall–Kier alpha value is -3.45. The summed E-state index contributed by atoms with van der Waals surface area (Å²) < 4.78 is 27.9. The zero-order valence-electron chi connectivity index (χ0n) is 17.0. The molecule has 8 heteroatoms. The third-order valence-corrected chi connectivity index (χ3v) is 5.56. The van der Waals surface area contributed by atoms with E-state index in [4.69, 9.17) is 11.6 Å². The van der Waals surface area contributed by atoms with Gasteiger partial charge in [0, 0.05) is 25.3 Å². The monoisotopic (exact) mass is 455 g/mol. The molecular formula is C24H20ClF2N3O2. The van der Waals surface area contributed by atoms with Crippen LogP contribution in [0.2, 0.25) is 5.02 Å². The largest absolute Gasteiger partial charge is 0.324 e. The zero-order chi connectivity index (χ0) is 22.7. The zero-order valence-corrected chi connectivity index (χ0v) is 17.8. The fourth-order valence-corrected chi connectivity index (χ4v) is 3.81. The Morgan fingerprint density at radius 1 is 0.969 bits per heavy atom. The van der Waals surface area contributed by atoms with E-state index in [1.165, 1.54) is 18.2 Å². The smallest absolute Gasteiger partial charge is 0.320 e. The summed E-state index contributed by atoms with van der Waals surface area (Å²) in [6.45, 7) is 1.62. The lowest BCUT2D eigenvalue weighted by Gasteiger charge is -2.36. The molecule has 4 rings (SSSR count). The highest BCUT2D eigenvalue weighted by Gasteiger charge is 2.27. The van der Waals surface area contributed by atoms with Crippen LogP contribution < -0.4 is 10.2 Å². The summed E-state index contributed by atoms with van der Waals surface area (Å²) in [4.78, 5) is 28.9. The van der Waals surface area contributed by atoms with Crippen LogP contribution in [0.5, 0.6) is 0 Å². The van der Waals surface area contributed by atoms with E-state index >= 15 is 0 Å². The number of anilines is 2. The van der Waals surface area contributed by atoms with E-state index < -0.39 is 23.1 Å². The number of nitrogens with zero attached hydrogens (tertiary/aromatic N) is 2. The third-order valence-electron chi connectivity index (χ3n) is 5.23. The highest BCUT2D eigenvalue weighted by Crippen LogP contribution is 2.30. The summed E-state index contributed by atoms with van der Waals surface area (Å²) in [5.41, 5.74) is 1.02. The van der Waals surface area contributed by atoms with Gasteiger partial charge in [-0.3, -0.25) is 9.69 Å². The third kappa shape index (κ3) is 4.57. The average molecular weight is 456 g/mol. The molecule has 0 unspecified atom stereocenters. The van der Waals surface area contributed by atoms with Crippen LogP contribution in [0.3, 0.4) is 0 Å². The standard InChI is InChI=1S/C24H20ClF2N3O2/c25-18-11-10-17(14-21(18)28-23(31)22-19(26)8-4-9-20(22)27)30-13-5-12-29(24(30)32)15-16-6-2-1-3-7-16/h1-4,6-11,14H,5,12-13,15H2,(H,28,31). The van der Waals surface area contributed by atoms with E-state index in [2.05, 4.69) is 5.32 Å². The van der Waals surface area contributed by atoms with E-state index in [0.717, 1.165) is 24.1 Å². The molecule has 3 amide bonds. The first-order valence-corrected chi connectivity index (χ1v) is 10.5. The lowest BCUT2D eigenvalue weighted by atomic mass is 10.1. The van der Waals surface area contributed by atoms with Crippen LogP contribution in [-0.2, 0) is 6.54 Å². The van der Waals surface area contributed by atoms with Gasteiger partial charge in [0.05, 0.1) is 10.7 Å². The molecule has 1 aliphatic heterocycles. The lowest BCUT2D eigenvalue weighted by Crippen LogP contribution is -2.49. The van der Waals surface area contributed by atoms with Crippen LogP contribution in [0.4, 0.5) is 25.0 Å². The van der Waals surface area contributed by atoms with Gasteiger partial charge in [-0.05, 0) is 42.3 Å². The molecule has 1 fully saturated rings. The SMILES string of the molecule is O=C(Nc1cc(N2CCCN(Cc3ccccc3)C2=O)ccc1Cl)c1c(F)cccc1F. The van der Waals surface area contributed by atoms with E-state index in [0.29, 0.717) is 25.3 Å². The summed E-state index contributed by atoms with van der Waals surface area (Å²) in [7, 11) is 0. The molecule has 3 aromatic carbocycles. The quantitative estimate of drug-likeness (QED) is 0.536. The number of rotatable bonds is 5. The Labute approximate surface area is 189 Å². The minimum Gasteiger partial charge on any atom is -0.320 e. The Balaban J connectivity index is 1.55. The normalized spacial score (nSPS) is 13.9. The number of hydrogen-bond donors (Lipinski definition) is 1. The predicted molar refractivity (Wildman–Crippen MR) is 120 cm³/mol. The van der Waals surface area contributed by atoms with E-state index in [1.54, 1.807) is 15.9 Å².